The zero-order valence-electron chi connectivity index (χ0n) is 17.2. The van der Waals surface area contributed by atoms with E-state index in [9.17, 15) is 9.59 Å². The Labute approximate surface area is 189 Å². The van der Waals surface area contributed by atoms with Gasteiger partial charge in [-0.25, -0.2) is 0 Å². The van der Waals surface area contributed by atoms with Crippen LogP contribution in [0.4, 0.5) is 11.4 Å². The molecule has 8 heteroatoms. The number of carbonyl (C=O) groups excluding carboxylic acids is 2. The first-order valence-electron chi connectivity index (χ1n) is 10.0. The molecule has 2 heterocycles. The van der Waals surface area contributed by atoms with Crippen molar-refractivity contribution in [2.75, 3.05) is 29.9 Å². The van der Waals surface area contributed by atoms with Gasteiger partial charge in [0.25, 0.3) is 5.91 Å². The molecule has 0 bridgehead atoms. The fourth-order valence-corrected chi connectivity index (χ4v) is 4.87. The molecule has 1 saturated heterocycles. The number of amides is 2. The van der Waals surface area contributed by atoms with Gasteiger partial charge >= 0.3 is 0 Å². The molecule has 162 valence electrons. The number of benzene rings is 3. The van der Waals surface area contributed by atoms with E-state index in [0.29, 0.717) is 28.5 Å². The lowest BCUT2D eigenvalue weighted by atomic mass is 10.1. The van der Waals surface area contributed by atoms with Crippen molar-refractivity contribution in [1.82, 2.24) is 0 Å². The molecule has 1 atom stereocenters. The molecule has 32 heavy (non-hydrogen) atoms. The van der Waals surface area contributed by atoms with Crippen LogP contribution in [0.15, 0.2) is 66.7 Å². The Bertz CT molecular complexity index is 1180. The average Bonchev–Trinajstić information content (AvgIpc) is 3.45. The monoisotopic (exact) mass is 448 g/mol. The summed E-state index contributed by atoms with van der Waals surface area (Å²) in [5, 5.41) is 2.75. The zero-order valence-corrected chi connectivity index (χ0v) is 18.1. The van der Waals surface area contributed by atoms with Gasteiger partial charge in [0, 0.05) is 16.9 Å². The molecule has 1 unspecified atom stereocenters. The smallest absolute Gasteiger partial charge is 0.255 e. The van der Waals surface area contributed by atoms with Crippen LogP contribution in [0.1, 0.15) is 21.3 Å². The summed E-state index contributed by atoms with van der Waals surface area (Å²) < 4.78 is 15.9. The van der Waals surface area contributed by atoms with Crippen molar-refractivity contribution < 1.29 is 23.8 Å². The van der Waals surface area contributed by atoms with Crippen LogP contribution in [0.25, 0.3) is 0 Å². The van der Waals surface area contributed by atoms with Crippen molar-refractivity contribution in [3.8, 4) is 17.2 Å². The molecule has 3 aromatic carbocycles. The highest BCUT2D eigenvalue weighted by molar-refractivity contribution is 8.00. The van der Waals surface area contributed by atoms with Gasteiger partial charge in [0.05, 0.1) is 12.9 Å². The minimum atomic E-state index is -0.248. The van der Waals surface area contributed by atoms with E-state index >= 15 is 0 Å². The Morgan fingerprint density at radius 3 is 2.69 bits per heavy atom. The van der Waals surface area contributed by atoms with Crippen molar-refractivity contribution >= 4 is 35.0 Å². The van der Waals surface area contributed by atoms with Gasteiger partial charge in [-0.05, 0) is 60.2 Å². The van der Waals surface area contributed by atoms with Gasteiger partial charge in [-0.2, -0.15) is 0 Å². The molecule has 7 nitrogen and oxygen atoms in total. The average molecular weight is 449 g/mol. The van der Waals surface area contributed by atoms with Crippen molar-refractivity contribution in [3.05, 3.63) is 77.9 Å². The standard InChI is InChI=1S/C24H20N2O5S/c1-29-19-8-6-18(7-9-19)26-22(27)13-32-24(26)16-3-2-4-17(11-16)25-23(28)15-5-10-20-21(12-15)31-14-30-20/h2-12,24H,13-14H2,1H3,(H,25,28). The molecule has 0 aromatic heterocycles. The third-order valence-corrected chi connectivity index (χ3v) is 6.50. The van der Waals surface area contributed by atoms with E-state index in [1.165, 1.54) is 0 Å². The Morgan fingerprint density at radius 1 is 1.06 bits per heavy atom. The molecule has 1 N–H and O–H groups in total. The lowest BCUT2D eigenvalue weighted by Crippen LogP contribution is -2.27. The van der Waals surface area contributed by atoms with Gasteiger partial charge in [0.15, 0.2) is 11.5 Å². The van der Waals surface area contributed by atoms with Crippen molar-refractivity contribution in [2.45, 2.75) is 5.37 Å². The predicted octanol–water partition coefficient (Wildman–Crippen LogP) is 4.45. The lowest BCUT2D eigenvalue weighted by Gasteiger charge is -2.25. The summed E-state index contributed by atoms with van der Waals surface area (Å²) in [4.78, 5) is 27.2. The van der Waals surface area contributed by atoms with Gasteiger partial charge in [-0.3, -0.25) is 14.5 Å². The van der Waals surface area contributed by atoms with Crippen LogP contribution < -0.4 is 24.4 Å². The van der Waals surface area contributed by atoms with Gasteiger partial charge < -0.3 is 19.5 Å². The first-order valence-corrected chi connectivity index (χ1v) is 11.1. The molecule has 0 aliphatic carbocycles. The number of hydrogen-bond acceptors (Lipinski definition) is 6. The number of rotatable bonds is 5. The molecule has 0 saturated carbocycles. The topological polar surface area (TPSA) is 77.1 Å². The fourth-order valence-electron chi connectivity index (χ4n) is 3.70. The highest BCUT2D eigenvalue weighted by Crippen LogP contribution is 2.42. The highest BCUT2D eigenvalue weighted by Gasteiger charge is 2.34. The van der Waals surface area contributed by atoms with Crippen LogP contribution in [0, 0.1) is 0 Å². The molecular weight excluding hydrogens is 428 g/mol. The summed E-state index contributed by atoms with van der Waals surface area (Å²) in [6, 6.07) is 20.1. The van der Waals surface area contributed by atoms with E-state index < -0.39 is 0 Å². The second kappa shape index (κ2) is 8.47. The second-order valence-electron chi connectivity index (χ2n) is 7.27. The number of fused-ring (bicyclic) bond motifs is 1. The van der Waals surface area contributed by atoms with Crippen molar-refractivity contribution in [3.63, 3.8) is 0 Å². The summed E-state index contributed by atoms with van der Waals surface area (Å²) in [5.74, 6) is 2.11. The third kappa shape index (κ3) is 3.85. The Hall–Kier alpha value is -3.65. The summed E-state index contributed by atoms with van der Waals surface area (Å²) in [7, 11) is 1.61. The largest absolute Gasteiger partial charge is 0.497 e. The molecule has 1 fully saturated rings. The maximum atomic E-state index is 12.8. The van der Waals surface area contributed by atoms with Crippen LogP contribution in [-0.2, 0) is 4.79 Å². The number of nitrogens with zero attached hydrogens (tertiary/aromatic N) is 1. The minimum Gasteiger partial charge on any atom is -0.497 e. The maximum absolute atomic E-state index is 12.8. The van der Waals surface area contributed by atoms with Crippen LogP contribution in [0.5, 0.6) is 17.2 Å². The summed E-state index contributed by atoms with van der Waals surface area (Å²) >= 11 is 1.56. The first-order chi connectivity index (χ1) is 15.6. The normalized spacial score (nSPS) is 16.8. The maximum Gasteiger partial charge on any atom is 0.255 e. The number of carbonyl (C=O) groups is 2. The van der Waals surface area contributed by atoms with E-state index in [2.05, 4.69) is 5.32 Å². The SMILES string of the molecule is COc1ccc(N2C(=O)CSC2c2cccc(NC(=O)c3ccc4c(c3)OCO4)c2)cc1. The van der Waals surface area contributed by atoms with Crippen LogP contribution in [0.3, 0.4) is 0 Å². The van der Waals surface area contributed by atoms with Crippen LogP contribution in [-0.4, -0.2) is 31.5 Å². The lowest BCUT2D eigenvalue weighted by molar-refractivity contribution is -0.115. The molecular formula is C24H20N2O5S. The van der Waals surface area contributed by atoms with Crippen LogP contribution >= 0.6 is 11.8 Å². The number of hydrogen-bond donors (Lipinski definition) is 1. The van der Waals surface area contributed by atoms with Crippen LogP contribution in [0.2, 0.25) is 0 Å². The highest BCUT2D eigenvalue weighted by atomic mass is 32.2. The number of nitrogens with one attached hydrogen (secondary N) is 1. The molecule has 3 aromatic rings. The Balaban J connectivity index is 1.36. The summed E-state index contributed by atoms with van der Waals surface area (Å²) in [6.45, 7) is 0.158. The number of ether oxygens (including phenoxy) is 3. The van der Waals surface area contributed by atoms with E-state index in [1.54, 1.807) is 42.0 Å². The van der Waals surface area contributed by atoms with Gasteiger partial charge in [-0.1, -0.05) is 12.1 Å². The summed E-state index contributed by atoms with van der Waals surface area (Å²) in [5.41, 5.74) is 2.87. The van der Waals surface area contributed by atoms with E-state index in [-0.39, 0.29) is 24.0 Å². The van der Waals surface area contributed by atoms with Gasteiger partial charge in [-0.15, -0.1) is 11.8 Å². The molecule has 2 amide bonds. The number of methoxy groups -OCH3 is 1. The number of anilines is 2. The Morgan fingerprint density at radius 2 is 1.88 bits per heavy atom. The second-order valence-corrected chi connectivity index (χ2v) is 8.34. The molecule has 2 aliphatic heterocycles. The van der Waals surface area contributed by atoms with Gasteiger partial charge in [0.1, 0.15) is 11.1 Å². The predicted molar refractivity (Wildman–Crippen MR) is 123 cm³/mol. The van der Waals surface area contributed by atoms with E-state index in [4.69, 9.17) is 14.2 Å². The first kappa shape index (κ1) is 20.3. The quantitative estimate of drug-likeness (QED) is 0.621. The van der Waals surface area contributed by atoms with Crippen molar-refractivity contribution in [2.24, 2.45) is 0 Å². The minimum absolute atomic E-state index is 0.0416. The Kier molecular flexibility index (Phi) is 5.36. The van der Waals surface area contributed by atoms with E-state index in [1.807, 2.05) is 48.5 Å². The molecule has 0 radical (unpaired) electrons. The molecule has 5 rings (SSSR count). The van der Waals surface area contributed by atoms with Gasteiger partial charge in [0.2, 0.25) is 12.7 Å². The summed E-state index contributed by atoms with van der Waals surface area (Å²) in [6.07, 6.45) is 0. The molecule has 0 spiro atoms. The third-order valence-electron chi connectivity index (χ3n) is 5.28. The molecule has 2 aliphatic rings. The fraction of sp³-hybridized carbons (Fsp3) is 0.167. The zero-order chi connectivity index (χ0) is 22.1. The van der Waals surface area contributed by atoms with Crippen molar-refractivity contribution in [1.29, 1.82) is 0 Å². The van der Waals surface area contributed by atoms with E-state index in [0.717, 1.165) is 17.0 Å². The number of thioether (sulfide) groups is 1.